The van der Waals surface area contributed by atoms with Crippen molar-refractivity contribution in [2.75, 3.05) is 19.8 Å². The number of aliphatic hydroxyl groups excluding tert-OH is 3. The van der Waals surface area contributed by atoms with Crippen molar-refractivity contribution in [3.63, 3.8) is 0 Å². The van der Waals surface area contributed by atoms with Gasteiger partial charge in [0.1, 0.15) is 37.6 Å². The normalized spacial score (nSPS) is 19.8. The molecule has 1 aliphatic heterocycles. The van der Waals surface area contributed by atoms with Crippen molar-refractivity contribution in [1.29, 1.82) is 0 Å². The van der Waals surface area contributed by atoms with Crippen LogP contribution in [0.15, 0.2) is 0 Å². The summed E-state index contributed by atoms with van der Waals surface area (Å²) in [5.41, 5.74) is 0. The molecule has 0 saturated carbocycles. The van der Waals surface area contributed by atoms with Crippen LogP contribution in [0.25, 0.3) is 0 Å². The first kappa shape index (κ1) is 64.4. The number of carbonyl (C=O) groups is 3. The first-order valence-electron chi connectivity index (χ1n) is 25.7. The molecule has 0 aromatic rings. The van der Waals surface area contributed by atoms with Gasteiger partial charge in [-0.15, -0.1) is 0 Å². The Balaban J connectivity index is 0.0000410. The Labute approximate surface area is 416 Å². The Bertz CT molecular complexity index is 1200. The second-order valence-electron chi connectivity index (χ2n) is 18.1. The molecule has 7 atom stereocenters. The number of unbranched alkanes of at least 4 members (excludes halogenated alkanes) is 30. The summed E-state index contributed by atoms with van der Waals surface area (Å²) < 4.78 is 44.1. The van der Waals surface area contributed by atoms with Gasteiger partial charge in [-0.1, -0.05) is 206 Å². The number of hydrogen-bond donors (Lipinski definition) is 4. The third kappa shape index (κ3) is 36.9. The van der Waals surface area contributed by atoms with Crippen molar-refractivity contribution in [3.05, 3.63) is 0 Å². The van der Waals surface area contributed by atoms with E-state index in [-0.39, 0.29) is 42.4 Å². The summed E-state index contributed by atoms with van der Waals surface area (Å²) in [5, 5.41) is 30.9. The number of aliphatic hydroxyl groups is 3. The maximum atomic E-state index is 13.0. The van der Waals surface area contributed by atoms with Gasteiger partial charge in [-0.25, -0.2) is 4.57 Å². The summed E-state index contributed by atoms with van der Waals surface area (Å²) in [7, 11) is -5.07. The molecular formula is C49H93NaO14P+. The number of ether oxygens (including phenoxy) is 4. The average molecular weight is 960 g/mol. The van der Waals surface area contributed by atoms with E-state index in [1.807, 2.05) is 0 Å². The van der Waals surface area contributed by atoms with Gasteiger partial charge in [0.05, 0.1) is 6.61 Å². The fraction of sp³-hybridized carbons (Fsp3) is 0.939. The van der Waals surface area contributed by atoms with Crippen molar-refractivity contribution in [1.82, 2.24) is 0 Å². The zero-order valence-corrected chi connectivity index (χ0v) is 44.3. The Kier molecular flexibility index (Phi) is 43.0. The van der Waals surface area contributed by atoms with Gasteiger partial charge in [-0.2, -0.15) is 0 Å². The van der Waals surface area contributed by atoms with E-state index < -0.39 is 82.4 Å². The van der Waals surface area contributed by atoms with E-state index in [2.05, 4.69) is 13.8 Å². The van der Waals surface area contributed by atoms with E-state index in [0.717, 1.165) is 45.4 Å². The molecule has 0 aromatic heterocycles. The molecule has 4 N–H and O–H groups in total. The van der Waals surface area contributed by atoms with Crippen LogP contribution in [-0.4, -0.2) is 94.8 Å². The van der Waals surface area contributed by atoms with Crippen LogP contribution in [0, 0.1) is 0 Å². The largest absolute Gasteiger partial charge is 1.00 e. The van der Waals surface area contributed by atoms with Crippen LogP contribution in [0.3, 0.4) is 0 Å². The number of rotatable bonds is 44. The Hall–Kier alpha value is -0.640. The summed E-state index contributed by atoms with van der Waals surface area (Å²) >= 11 is 0. The number of esters is 3. The first-order valence-corrected chi connectivity index (χ1v) is 27.2. The second-order valence-corrected chi connectivity index (χ2v) is 19.5. The van der Waals surface area contributed by atoms with Crippen LogP contribution in [0.2, 0.25) is 0 Å². The fourth-order valence-corrected chi connectivity index (χ4v) is 8.79. The number of phosphoric acid groups is 1. The molecule has 1 heterocycles. The first-order chi connectivity index (χ1) is 30.9. The van der Waals surface area contributed by atoms with Crippen molar-refractivity contribution in [2.45, 2.75) is 276 Å². The minimum absolute atomic E-state index is 0. The van der Waals surface area contributed by atoms with E-state index in [1.165, 1.54) is 154 Å². The standard InChI is InChI=1S/C49H93O14P.Na/c1-4-6-8-10-12-14-16-18-20-21-23-25-27-29-31-33-35-37-45(52)61-42(38-59-44(51)36-34-32-30-28-26-24-22-19-17-15-13-11-9-7-5-2)39-60-64(56,57)63-49-48(55)47(54)46(53)43(62-49)40-58-41(3)50;/h42-43,46-49,53-55H,4-40H2,1-3H3,(H,56,57);/q;+1/t42-,43-,46-,47+,48-,49+;/m1./s1. The predicted molar refractivity (Wildman–Crippen MR) is 249 cm³/mol. The average Bonchev–Trinajstić information content (AvgIpc) is 3.26. The molecule has 0 amide bonds. The van der Waals surface area contributed by atoms with Crippen molar-refractivity contribution in [2.24, 2.45) is 0 Å². The molecule has 1 fully saturated rings. The van der Waals surface area contributed by atoms with Crippen LogP contribution in [0.4, 0.5) is 0 Å². The number of carbonyl (C=O) groups excluding carboxylic acids is 3. The SMILES string of the molecule is CCCCCCCCCCCCCCCCCCCC(=O)O[C@H](COC(=O)CCCCCCCCCCCCCCCCC)COP(=O)(O)O[C@@H]1O[C@H](COC(C)=O)[C@@H](O)[C@H](O)[C@H]1O.[Na+]. The van der Waals surface area contributed by atoms with Crippen LogP contribution >= 0.6 is 7.82 Å². The van der Waals surface area contributed by atoms with Gasteiger partial charge in [0, 0.05) is 19.8 Å². The van der Waals surface area contributed by atoms with E-state index in [9.17, 15) is 39.2 Å². The number of phosphoric ester groups is 1. The van der Waals surface area contributed by atoms with E-state index in [0.29, 0.717) is 12.8 Å². The second kappa shape index (κ2) is 43.4. The van der Waals surface area contributed by atoms with Gasteiger partial charge in [0.25, 0.3) is 0 Å². The van der Waals surface area contributed by atoms with Gasteiger partial charge in [0.15, 0.2) is 12.4 Å². The number of hydrogen-bond acceptors (Lipinski definition) is 13. The van der Waals surface area contributed by atoms with Gasteiger partial charge in [0.2, 0.25) is 0 Å². The van der Waals surface area contributed by atoms with E-state index in [4.69, 9.17) is 28.0 Å². The maximum absolute atomic E-state index is 13.0. The molecule has 14 nitrogen and oxygen atoms in total. The monoisotopic (exact) mass is 960 g/mol. The smallest absolute Gasteiger partial charge is 0.463 e. The molecule has 1 saturated heterocycles. The molecule has 0 bridgehead atoms. The zero-order chi connectivity index (χ0) is 47.1. The van der Waals surface area contributed by atoms with Crippen molar-refractivity contribution < 1.29 is 96.7 Å². The zero-order valence-electron chi connectivity index (χ0n) is 41.4. The van der Waals surface area contributed by atoms with Crippen LogP contribution in [0.5, 0.6) is 0 Å². The molecule has 0 aromatic carbocycles. The summed E-state index contributed by atoms with van der Waals surface area (Å²) in [6.45, 7) is 3.97. The Morgan fingerprint density at radius 1 is 0.523 bits per heavy atom. The minimum Gasteiger partial charge on any atom is -0.463 e. The predicted octanol–water partition coefficient (Wildman–Crippen LogP) is 8.25. The van der Waals surface area contributed by atoms with Gasteiger partial charge >= 0.3 is 55.3 Å². The molecule has 0 radical (unpaired) electrons. The van der Waals surface area contributed by atoms with Crippen molar-refractivity contribution in [3.8, 4) is 0 Å². The summed E-state index contributed by atoms with van der Waals surface area (Å²) in [6, 6.07) is 0. The van der Waals surface area contributed by atoms with Crippen LogP contribution in [-0.2, 0) is 46.9 Å². The fourth-order valence-electron chi connectivity index (χ4n) is 7.93. The van der Waals surface area contributed by atoms with Crippen molar-refractivity contribution >= 4 is 25.7 Å². The summed E-state index contributed by atoms with van der Waals surface area (Å²) in [4.78, 5) is 47.3. The van der Waals surface area contributed by atoms with Gasteiger partial charge < -0.3 is 39.2 Å². The van der Waals surface area contributed by atoms with Crippen LogP contribution in [0.1, 0.15) is 239 Å². The molecule has 0 spiro atoms. The molecule has 16 heteroatoms. The Morgan fingerprint density at radius 2 is 0.892 bits per heavy atom. The molecule has 378 valence electrons. The summed E-state index contributed by atoms with van der Waals surface area (Å²) in [5.74, 6) is -1.76. The maximum Gasteiger partial charge on any atom is 1.00 e. The quantitative estimate of drug-likeness (QED) is 0.0149. The molecule has 1 rings (SSSR count). The summed E-state index contributed by atoms with van der Waals surface area (Å²) in [6.07, 6.45) is 28.9. The molecule has 0 aliphatic carbocycles. The minimum atomic E-state index is -5.07. The van der Waals surface area contributed by atoms with E-state index >= 15 is 0 Å². The molecular weight excluding hydrogens is 866 g/mol. The third-order valence-electron chi connectivity index (χ3n) is 12.0. The van der Waals surface area contributed by atoms with Gasteiger partial charge in [-0.3, -0.25) is 23.4 Å². The molecule has 1 unspecified atom stereocenters. The Morgan fingerprint density at radius 3 is 1.28 bits per heavy atom. The molecule has 1 aliphatic rings. The van der Waals surface area contributed by atoms with E-state index in [1.54, 1.807) is 0 Å². The topological polar surface area (TPSA) is 205 Å². The van der Waals surface area contributed by atoms with Gasteiger partial charge in [-0.05, 0) is 12.8 Å². The third-order valence-corrected chi connectivity index (χ3v) is 12.9. The van der Waals surface area contributed by atoms with Crippen LogP contribution < -0.4 is 29.6 Å². The molecule has 65 heavy (non-hydrogen) atoms.